The van der Waals surface area contributed by atoms with Crippen LogP contribution in [0.5, 0.6) is 0 Å². The highest BCUT2D eigenvalue weighted by Gasteiger charge is 2.30. The van der Waals surface area contributed by atoms with Crippen molar-refractivity contribution in [3.63, 3.8) is 0 Å². The number of thioether (sulfide) groups is 1. The Hall–Kier alpha value is -3.58. The summed E-state index contributed by atoms with van der Waals surface area (Å²) >= 11 is 1.34. The Morgan fingerprint density at radius 1 is 1.03 bits per heavy atom. The molecule has 6 nitrogen and oxygen atoms in total. The first kappa shape index (κ1) is 23.6. The zero-order valence-electron chi connectivity index (χ0n) is 20.2. The van der Waals surface area contributed by atoms with E-state index in [9.17, 15) is 9.59 Å². The van der Waals surface area contributed by atoms with Gasteiger partial charge in [0.2, 0.25) is 0 Å². The Kier molecular flexibility index (Phi) is 6.48. The summed E-state index contributed by atoms with van der Waals surface area (Å²) in [6.45, 7) is 8.36. The molecule has 3 aromatic rings. The van der Waals surface area contributed by atoms with Crippen LogP contribution in [-0.4, -0.2) is 40.7 Å². The molecule has 0 aliphatic carbocycles. The van der Waals surface area contributed by atoms with E-state index < -0.39 is 5.97 Å². The number of aromatic nitrogens is 1. The lowest BCUT2D eigenvalue weighted by Gasteiger charge is -2.13. The number of rotatable bonds is 4. The van der Waals surface area contributed by atoms with Gasteiger partial charge in [-0.2, -0.15) is 0 Å². The molecule has 0 N–H and O–H groups in total. The van der Waals surface area contributed by atoms with Crippen LogP contribution in [0.4, 0.5) is 5.69 Å². The van der Waals surface area contributed by atoms with Crippen LogP contribution in [0.25, 0.3) is 11.8 Å². The summed E-state index contributed by atoms with van der Waals surface area (Å²) in [5.41, 5.74) is 7.89. The summed E-state index contributed by atoms with van der Waals surface area (Å²) < 4.78 is 6.96. The number of aliphatic imine (C=N–C) groups is 1. The second kappa shape index (κ2) is 9.35. The number of hydrogen-bond donors (Lipinski definition) is 0. The van der Waals surface area contributed by atoms with Gasteiger partial charge in [-0.15, -0.1) is 0 Å². The van der Waals surface area contributed by atoms with Gasteiger partial charge in [-0.3, -0.25) is 9.69 Å². The zero-order chi connectivity index (χ0) is 24.6. The number of carbonyl (C=O) groups excluding carboxylic acids is 2. The van der Waals surface area contributed by atoms with Crippen LogP contribution in [0, 0.1) is 27.7 Å². The minimum Gasteiger partial charge on any atom is -0.465 e. The minimum absolute atomic E-state index is 0.0914. The monoisotopic (exact) mass is 473 g/mol. The Morgan fingerprint density at radius 3 is 2.38 bits per heavy atom. The summed E-state index contributed by atoms with van der Waals surface area (Å²) in [5.74, 6) is -0.489. The molecule has 1 aliphatic heterocycles. The second-order valence-corrected chi connectivity index (χ2v) is 9.37. The second-order valence-electron chi connectivity index (χ2n) is 8.36. The molecule has 0 unspecified atom stereocenters. The first-order chi connectivity index (χ1) is 16.2. The molecule has 0 atom stereocenters. The van der Waals surface area contributed by atoms with Crippen molar-refractivity contribution in [1.82, 2.24) is 9.47 Å². The molecule has 174 valence electrons. The fourth-order valence-corrected chi connectivity index (χ4v) is 5.03. The van der Waals surface area contributed by atoms with Crippen LogP contribution in [0.15, 0.2) is 58.4 Å². The number of benzene rings is 2. The van der Waals surface area contributed by atoms with E-state index in [4.69, 9.17) is 4.74 Å². The number of likely N-dealkylation sites (N-methyl/N-ethyl adjacent to an activating group) is 1. The number of aryl methyl sites for hydroxylation is 3. The average molecular weight is 474 g/mol. The smallest absolute Gasteiger partial charge is 0.337 e. The van der Waals surface area contributed by atoms with Gasteiger partial charge < -0.3 is 9.30 Å². The first-order valence-corrected chi connectivity index (χ1v) is 11.7. The lowest BCUT2D eigenvalue weighted by atomic mass is 10.1. The summed E-state index contributed by atoms with van der Waals surface area (Å²) in [6, 6.07) is 15.3. The number of amides is 1. The number of amidine groups is 1. The molecule has 1 fully saturated rings. The third-order valence-corrected chi connectivity index (χ3v) is 6.93. The van der Waals surface area contributed by atoms with Crippen molar-refractivity contribution < 1.29 is 14.3 Å². The normalized spacial score (nSPS) is 16.1. The maximum absolute atomic E-state index is 12.9. The highest BCUT2D eigenvalue weighted by Crippen LogP contribution is 2.35. The van der Waals surface area contributed by atoms with E-state index in [-0.39, 0.29) is 5.91 Å². The van der Waals surface area contributed by atoms with Crippen molar-refractivity contribution in [3.05, 3.63) is 87.1 Å². The van der Waals surface area contributed by atoms with Crippen LogP contribution in [-0.2, 0) is 9.53 Å². The Bertz CT molecular complexity index is 1350. The summed E-state index contributed by atoms with van der Waals surface area (Å²) in [4.78, 5) is 31.4. The van der Waals surface area contributed by atoms with Crippen molar-refractivity contribution in [3.8, 4) is 5.69 Å². The lowest BCUT2D eigenvalue weighted by molar-refractivity contribution is -0.121. The zero-order valence-corrected chi connectivity index (χ0v) is 21.0. The third kappa shape index (κ3) is 4.43. The number of carbonyl (C=O) groups is 2. The molecule has 1 amide bonds. The van der Waals surface area contributed by atoms with Crippen LogP contribution >= 0.6 is 11.8 Å². The summed E-state index contributed by atoms with van der Waals surface area (Å²) in [7, 11) is 3.07. The van der Waals surface area contributed by atoms with Gasteiger partial charge in [-0.1, -0.05) is 17.7 Å². The fraction of sp³-hybridized carbons (Fsp3) is 0.222. The van der Waals surface area contributed by atoms with E-state index in [0.29, 0.717) is 21.3 Å². The molecule has 1 saturated heterocycles. The fourth-order valence-electron chi connectivity index (χ4n) is 4.05. The predicted octanol–water partition coefficient (Wildman–Crippen LogP) is 5.73. The van der Waals surface area contributed by atoms with Gasteiger partial charge in [-0.25, -0.2) is 9.79 Å². The quantitative estimate of drug-likeness (QED) is 0.359. The predicted molar refractivity (Wildman–Crippen MR) is 138 cm³/mol. The van der Waals surface area contributed by atoms with E-state index in [0.717, 1.165) is 22.6 Å². The van der Waals surface area contributed by atoms with Crippen molar-refractivity contribution in [2.45, 2.75) is 27.7 Å². The molecule has 0 spiro atoms. The van der Waals surface area contributed by atoms with Gasteiger partial charge in [0.05, 0.1) is 23.3 Å². The van der Waals surface area contributed by atoms with Crippen LogP contribution in [0.3, 0.4) is 0 Å². The average Bonchev–Trinajstić information content (AvgIpc) is 3.23. The molecule has 4 rings (SSSR count). The molecule has 34 heavy (non-hydrogen) atoms. The van der Waals surface area contributed by atoms with E-state index >= 15 is 0 Å². The number of methoxy groups -OCH3 is 1. The number of nitrogens with zero attached hydrogens (tertiary/aromatic N) is 3. The van der Waals surface area contributed by atoms with Crippen LogP contribution < -0.4 is 0 Å². The SMILES string of the molecule is COC(=O)c1ccc(N=C2SC(=Cc3cc(C)n(-c4ccc(C)cc4C)c3C)C(=O)N2C)cc1. The largest absolute Gasteiger partial charge is 0.465 e. The first-order valence-electron chi connectivity index (χ1n) is 10.9. The van der Waals surface area contributed by atoms with Crippen LogP contribution in [0.2, 0.25) is 0 Å². The molecule has 7 heteroatoms. The molecule has 0 radical (unpaired) electrons. The van der Waals surface area contributed by atoms with Crippen molar-refractivity contribution >= 4 is 40.6 Å². The van der Waals surface area contributed by atoms with Gasteiger partial charge in [-0.05, 0) is 93.1 Å². The minimum atomic E-state index is -0.398. The van der Waals surface area contributed by atoms with Crippen LogP contribution in [0.1, 0.15) is 38.4 Å². The molecule has 0 bridgehead atoms. The Labute approximate surface area is 203 Å². The van der Waals surface area contributed by atoms with Gasteiger partial charge in [0.25, 0.3) is 5.91 Å². The molecule has 2 heterocycles. The maximum Gasteiger partial charge on any atom is 0.337 e. The van der Waals surface area contributed by atoms with E-state index in [1.54, 1.807) is 36.2 Å². The molecule has 0 saturated carbocycles. The van der Waals surface area contributed by atoms with E-state index in [1.165, 1.54) is 30.0 Å². The molecular formula is C27H27N3O3S. The molecule has 1 aromatic heterocycles. The number of ether oxygens (including phenoxy) is 1. The standard InChI is InChI=1S/C27H27N3O3S/c1-16-7-12-23(17(2)13-16)30-18(3)14-21(19(30)4)15-24-25(31)29(5)27(34-24)28-22-10-8-20(9-11-22)26(32)33-6/h7-15H,1-6H3. The van der Waals surface area contributed by atoms with Gasteiger partial charge in [0, 0.05) is 24.1 Å². The topological polar surface area (TPSA) is 63.9 Å². The molecule has 2 aromatic carbocycles. The lowest BCUT2D eigenvalue weighted by Crippen LogP contribution is -2.23. The van der Waals surface area contributed by atoms with Crippen molar-refractivity contribution in [2.24, 2.45) is 4.99 Å². The number of hydrogen-bond acceptors (Lipinski definition) is 5. The van der Waals surface area contributed by atoms with E-state index in [1.807, 2.05) is 6.08 Å². The molecular weight excluding hydrogens is 446 g/mol. The van der Waals surface area contributed by atoms with Crippen molar-refractivity contribution in [1.29, 1.82) is 0 Å². The van der Waals surface area contributed by atoms with E-state index in [2.05, 4.69) is 61.5 Å². The van der Waals surface area contributed by atoms with Crippen molar-refractivity contribution in [2.75, 3.05) is 14.2 Å². The maximum atomic E-state index is 12.9. The Balaban J connectivity index is 1.64. The summed E-state index contributed by atoms with van der Waals surface area (Å²) in [5, 5.41) is 0.588. The third-order valence-electron chi connectivity index (χ3n) is 5.87. The number of esters is 1. The summed E-state index contributed by atoms with van der Waals surface area (Å²) in [6.07, 6.45) is 1.94. The Morgan fingerprint density at radius 2 is 1.74 bits per heavy atom. The van der Waals surface area contributed by atoms with Gasteiger partial charge in [0.1, 0.15) is 0 Å². The van der Waals surface area contributed by atoms with Gasteiger partial charge in [0.15, 0.2) is 5.17 Å². The van der Waals surface area contributed by atoms with Gasteiger partial charge >= 0.3 is 5.97 Å². The highest BCUT2D eigenvalue weighted by molar-refractivity contribution is 8.18. The highest BCUT2D eigenvalue weighted by atomic mass is 32.2. The molecule has 1 aliphatic rings.